The summed E-state index contributed by atoms with van der Waals surface area (Å²) < 4.78 is 0. The highest BCUT2D eigenvalue weighted by Crippen LogP contribution is 2.18. The van der Waals surface area contributed by atoms with Gasteiger partial charge in [-0.05, 0) is 24.1 Å². The van der Waals surface area contributed by atoms with Gasteiger partial charge in [0.25, 0.3) is 0 Å². The van der Waals surface area contributed by atoms with Crippen molar-refractivity contribution >= 4 is 22.8 Å². The van der Waals surface area contributed by atoms with Crippen LogP contribution in [0.1, 0.15) is 5.56 Å². The zero-order valence-electron chi connectivity index (χ0n) is 10.7. The fraction of sp³-hybridized carbons (Fsp3) is 0.154. The molecule has 3 rings (SSSR count). The molecule has 0 bridgehead atoms. The van der Waals surface area contributed by atoms with Crippen LogP contribution in [0.2, 0.25) is 0 Å². The van der Waals surface area contributed by atoms with Gasteiger partial charge in [0.2, 0.25) is 5.95 Å². The number of nitrogens with two attached hydrogens (primary N) is 1. The highest BCUT2D eigenvalue weighted by Gasteiger charge is 2.07. The van der Waals surface area contributed by atoms with Gasteiger partial charge in [-0.2, -0.15) is 15.1 Å². The molecule has 0 saturated heterocycles. The smallest absolute Gasteiger partial charge is 0.224 e. The molecule has 0 fully saturated rings. The molecule has 5 N–H and O–H groups in total. The van der Waals surface area contributed by atoms with E-state index in [1.165, 1.54) is 0 Å². The molecule has 2 aromatic heterocycles. The zero-order chi connectivity index (χ0) is 13.9. The lowest BCUT2D eigenvalue weighted by Gasteiger charge is -2.07. The molecule has 0 saturated carbocycles. The normalized spacial score (nSPS) is 10.8. The zero-order valence-corrected chi connectivity index (χ0v) is 10.7. The highest BCUT2D eigenvalue weighted by atomic mass is 16.3. The summed E-state index contributed by atoms with van der Waals surface area (Å²) in [7, 11) is 0. The van der Waals surface area contributed by atoms with Crippen molar-refractivity contribution in [2.75, 3.05) is 17.6 Å². The second kappa shape index (κ2) is 5.04. The Labute approximate surface area is 114 Å². The van der Waals surface area contributed by atoms with Gasteiger partial charge >= 0.3 is 0 Å². The molecule has 20 heavy (non-hydrogen) atoms. The van der Waals surface area contributed by atoms with Crippen molar-refractivity contribution in [3.63, 3.8) is 0 Å². The Morgan fingerprint density at radius 1 is 1.20 bits per heavy atom. The average Bonchev–Trinajstić information content (AvgIpc) is 2.89. The number of hydrogen-bond donors (Lipinski definition) is 4. The summed E-state index contributed by atoms with van der Waals surface area (Å²) >= 11 is 0. The average molecular weight is 270 g/mol. The van der Waals surface area contributed by atoms with Crippen molar-refractivity contribution in [3.05, 3.63) is 36.0 Å². The van der Waals surface area contributed by atoms with Crippen LogP contribution in [-0.2, 0) is 6.42 Å². The summed E-state index contributed by atoms with van der Waals surface area (Å²) in [5.41, 5.74) is 7.39. The van der Waals surface area contributed by atoms with Crippen molar-refractivity contribution in [2.45, 2.75) is 6.42 Å². The van der Waals surface area contributed by atoms with E-state index >= 15 is 0 Å². The lowest BCUT2D eigenvalue weighted by molar-refractivity contribution is 0.475. The summed E-state index contributed by atoms with van der Waals surface area (Å²) in [6.07, 6.45) is 2.47. The van der Waals surface area contributed by atoms with Crippen molar-refractivity contribution in [2.24, 2.45) is 0 Å². The van der Waals surface area contributed by atoms with Gasteiger partial charge in [-0.15, -0.1) is 0 Å². The summed E-state index contributed by atoms with van der Waals surface area (Å²) in [5, 5.41) is 20.0. The number of benzene rings is 1. The molecule has 0 unspecified atom stereocenters. The Kier molecular flexibility index (Phi) is 3.08. The van der Waals surface area contributed by atoms with E-state index in [2.05, 4.69) is 25.5 Å². The van der Waals surface area contributed by atoms with Crippen LogP contribution in [0.4, 0.5) is 11.8 Å². The van der Waals surface area contributed by atoms with Gasteiger partial charge in [-0.3, -0.25) is 5.10 Å². The van der Waals surface area contributed by atoms with E-state index in [9.17, 15) is 5.11 Å². The molecule has 1 aromatic carbocycles. The first-order valence-corrected chi connectivity index (χ1v) is 6.21. The highest BCUT2D eigenvalue weighted by molar-refractivity contribution is 5.86. The van der Waals surface area contributed by atoms with Crippen LogP contribution in [0, 0.1) is 0 Å². The standard InChI is InChI=1S/C13H14N6O/c14-13-17-11(10-7-16-19-12(10)18-13)15-6-5-8-1-3-9(20)4-2-8/h1-4,7,20H,5-6H2,(H4,14,15,16,17,18,19). The number of aromatic hydroxyl groups is 1. The lowest BCUT2D eigenvalue weighted by atomic mass is 10.1. The molecule has 0 aliphatic carbocycles. The topological polar surface area (TPSA) is 113 Å². The number of fused-ring (bicyclic) bond motifs is 1. The summed E-state index contributed by atoms with van der Waals surface area (Å²) in [6.45, 7) is 0.696. The number of nitrogens with one attached hydrogen (secondary N) is 2. The van der Waals surface area contributed by atoms with Crippen molar-refractivity contribution in [1.82, 2.24) is 20.2 Å². The van der Waals surface area contributed by atoms with Gasteiger partial charge in [0, 0.05) is 6.54 Å². The Bertz CT molecular complexity index is 721. The van der Waals surface area contributed by atoms with Gasteiger partial charge in [-0.1, -0.05) is 12.1 Å². The summed E-state index contributed by atoms with van der Waals surface area (Å²) in [6, 6.07) is 7.12. The van der Waals surface area contributed by atoms with E-state index in [1.54, 1.807) is 18.3 Å². The molecule has 2 heterocycles. The molecule has 0 radical (unpaired) electrons. The van der Waals surface area contributed by atoms with Crippen LogP contribution in [-0.4, -0.2) is 31.8 Å². The monoisotopic (exact) mass is 270 g/mol. The Balaban J connectivity index is 1.70. The molecule has 0 spiro atoms. The number of nitrogens with zero attached hydrogens (tertiary/aromatic N) is 3. The van der Waals surface area contributed by atoms with Crippen molar-refractivity contribution in [1.29, 1.82) is 0 Å². The van der Waals surface area contributed by atoms with E-state index in [4.69, 9.17) is 5.73 Å². The van der Waals surface area contributed by atoms with Crippen LogP contribution in [0.25, 0.3) is 11.0 Å². The number of anilines is 2. The summed E-state index contributed by atoms with van der Waals surface area (Å²) in [5.74, 6) is 1.14. The predicted octanol–water partition coefficient (Wildman–Crippen LogP) is 1.30. The van der Waals surface area contributed by atoms with Crippen LogP contribution in [0.15, 0.2) is 30.5 Å². The fourth-order valence-electron chi connectivity index (χ4n) is 1.97. The molecule has 102 valence electrons. The van der Waals surface area contributed by atoms with E-state index < -0.39 is 0 Å². The quantitative estimate of drug-likeness (QED) is 0.568. The minimum Gasteiger partial charge on any atom is -0.508 e. The third-order valence-electron chi connectivity index (χ3n) is 2.97. The first-order chi connectivity index (χ1) is 9.72. The van der Waals surface area contributed by atoms with Crippen LogP contribution < -0.4 is 11.1 Å². The van der Waals surface area contributed by atoms with E-state index in [1.807, 2.05) is 12.1 Å². The van der Waals surface area contributed by atoms with Gasteiger partial charge in [-0.25, -0.2) is 0 Å². The van der Waals surface area contributed by atoms with Crippen LogP contribution in [0.3, 0.4) is 0 Å². The lowest BCUT2D eigenvalue weighted by Crippen LogP contribution is -2.08. The Hall–Kier alpha value is -2.83. The first-order valence-electron chi connectivity index (χ1n) is 6.21. The maximum Gasteiger partial charge on any atom is 0.224 e. The maximum atomic E-state index is 9.23. The number of phenolic OH excluding ortho intramolecular Hbond substituents is 1. The van der Waals surface area contributed by atoms with E-state index in [0.717, 1.165) is 17.4 Å². The molecular weight excluding hydrogens is 256 g/mol. The van der Waals surface area contributed by atoms with Gasteiger partial charge in [0.15, 0.2) is 5.65 Å². The molecule has 3 aromatic rings. The second-order valence-corrected chi connectivity index (χ2v) is 4.41. The van der Waals surface area contributed by atoms with Crippen LogP contribution >= 0.6 is 0 Å². The van der Waals surface area contributed by atoms with Crippen molar-refractivity contribution < 1.29 is 5.11 Å². The maximum absolute atomic E-state index is 9.23. The molecule has 0 atom stereocenters. The molecule has 0 amide bonds. The molecule has 7 nitrogen and oxygen atoms in total. The fourth-order valence-corrected chi connectivity index (χ4v) is 1.97. The first kappa shape index (κ1) is 12.2. The Morgan fingerprint density at radius 3 is 2.80 bits per heavy atom. The minimum atomic E-state index is 0.203. The largest absolute Gasteiger partial charge is 0.508 e. The Morgan fingerprint density at radius 2 is 2.00 bits per heavy atom. The number of hydrogen-bond acceptors (Lipinski definition) is 6. The van der Waals surface area contributed by atoms with Gasteiger partial charge in [0.05, 0.1) is 11.6 Å². The van der Waals surface area contributed by atoms with Gasteiger partial charge < -0.3 is 16.2 Å². The third-order valence-corrected chi connectivity index (χ3v) is 2.97. The summed E-state index contributed by atoms with van der Waals surface area (Å²) in [4.78, 5) is 8.23. The van der Waals surface area contributed by atoms with E-state index in [0.29, 0.717) is 18.0 Å². The molecule has 0 aliphatic heterocycles. The SMILES string of the molecule is Nc1nc(NCCc2ccc(O)cc2)c2cn[nH]c2n1. The molecular formula is C13H14N6O. The number of aromatic nitrogens is 4. The third kappa shape index (κ3) is 2.46. The van der Waals surface area contributed by atoms with E-state index in [-0.39, 0.29) is 11.7 Å². The molecule has 7 heteroatoms. The number of rotatable bonds is 4. The van der Waals surface area contributed by atoms with Gasteiger partial charge in [0.1, 0.15) is 11.6 Å². The second-order valence-electron chi connectivity index (χ2n) is 4.41. The number of phenols is 1. The van der Waals surface area contributed by atoms with Crippen molar-refractivity contribution in [3.8, 4) is 5.75 Å². The van der Waals surface area contributed by atoms with Crippen LogP contribution in [0.5, 0.6) is 5.75 Å². The minimum absolute atomic E-state index is 0.203. The molecule has 0 aliphatic rings. The predicted molar refractivity (Wildman–Crippen MR) is 76.4 cm³/mol. The number of nitrogen functional groups attached to an aromatic ring is 1. The number of aromatic amines is 1. The number of H-pyrrole nitrogens is 1.